The van der Waals surface area contributed by atoms with Crippen LogP contribution < -0.4 is 5.73 Å². The summed E-state index contributed by atoms with van der Waals surface area (Å²) in [4.78, 5) is 3.42. The van der Waals surface area contributed by atoms with Crippen LogP contribution in [0.25, 0.3) is 5.69 Å². The molecule has 6 heteroatoms. The molecule has 0 amide bonds. The minimum atomic E-state index is -0.781. The Kier molecular flexibility index (Phi) is 2.11. The summed E-state index contributed by atoms with van der Waals surface area (Å²) in [5.41, 5.74) is 5.32. The van der Waals surface area contributed by atoms with Crippen molar-refractivity contribution in [2.45, 2.75) is 6.92 Å². The number of anilines is 1. The van der Waals surface area contributed by atoms with Gasteiger partial charge in [-0.15, -0.1) is 0 Å². The lowest BCUT2D eigenvalue weighted by atomic mass is 10.3. The van der Waals surface area contributed by atoms with Gasteiger partial charge in [-0.25, -0.2) is 14.1 Å². The van der Waals surface area contributed by atoms with Crippen LogP contribution in [0.2, 0.25) is 0 Å². The maximum Gasteiger partial charge on any atom is 0.239 e. The highest BCUT2D eigenvalue weighted by atomic mass is 19.1. The highest BCUT2D eigenvalue weighted by Crippen LogP contribution is 2.15. The van der Waals surface area contributed by atoms with Crippen LogP contribution in [0.1, 0.15) is 5.69 Å². The van der Waals surface area contributed by atoms with Crippen molar-refractivity contribution in [2.75, 3.05) is 5.73 Å². The van der Waals surface area contributed by atoms with Gasteiger partial charge in [-0.1, -0.05) is 0 Å². The van der Waals surface area contributed by atoms with Crippen LogP contribution in [-0.2, 0) is 0 Å². The van der Waals surface area contributed by atoms with Gasteiger partial charge in [-0.2, -0.15) is 9.49 Å². The summed E-state index contributed by atoms with van der Waals surface area (Å²) >= 11 is 0. The number of hydrogen-bond donors (Lipinski definition) is 1. The van der Waals surface area contributed by atoms with Gasteiger partial charge in [0.15, 0.2) is 0 Å². The summed E-state index contributed by atoms with van der Waals surface area (Å²) in [5.74, 6) is -1.13. The average Bonchev–Trinajstić information content (AvgIpc) is 2.58. The zero-order chi connectivity index (χ0) is 11.0. The Morgan fingerprint density at radius 2 is 2.13 bits per heavy atom. The predicted molar refractivity (Wildman–Crippen MR) is 50.4 cm³/mol. The number of aromatic nitrogens is 3. The fraction of sp³-hybridized carbons (Fsp3) is 0.111. The molecule has 15 heavy (non-hydrogen) atoms. The predicted octanol–water partition coefficient (Wildman–Crippen LogP) is 1.44. The van der Waals surface area contributed by atoms with E-state index < -0.39 is 11.8 Å². The number of pyridine rings is 1. The van der Waals surface area contributed by atoms with Gasteiger partial charge in [0, 0.05) is 18.3 Å². The zero-order valence-corrected chi connectivity index (χ0v) is 7.91. The lowest BCUT2D eigenvalue weighted by Crippen LogP contribution is -2.04. The molecule has 0 spiro atoms. The molecule has 0 aromatic carbocycles. The van der Waals surface area contributed by atoms with Crippen LogP contribution in [0.4, 0.5) is 14.6 Å². The summed E-state index contributed by atoms with van der Waals surface area (Å²) in [7, 11) is 0. The maximum absolute atomic E-state index is 13.3. The van der Waals surface area contributed by atoms with Crippen molar-refractivity contribution in [2.24, 2.45) is 0 Å². The smallest absolute Gasteiger partial charge is 0.239 e. The lowest BCUT2D eigenvalue weighted by molar-refractivity contribution is 0.538. The molecule has 2 aromatic heterocycles. The summed E-state index contributed by atoms with van der Waals surface area (Å²) in [6.07, 6.45) is 1.43. The van der Waals surface area contributed by atoms with Gasteiger partial charge in [0.2, 0.25) is 5.95 Å². The van der Waals surface area contributed by atoms with Crippen LogP contribution in [0.3, 0.4) is 0 Å². The molecule has 2 rings (SSSR count). The van der Waals surface area contributed by atoms with Gasteiger partial charge >= 0.3 is 0 Å². The first kappa shape index (κ1) is 9.57. The third-order valence-electron chi connectivity index (χ3n) is 1.94. The first-order valence-corrected chi connectivity index (χ1v) is 4.22. The molecule has 0 fully saturated rings. The third kappa shape index (κ3) is 1.65. The van der Waals surface area contributed by atoms with E-state index in [0.29, 0.717) is 0 Å². The molecule has 0 unspecified atom stereocenters. The molecule has 78 valence electrons. The van der Waals surface area contributed by atoms with E-state index in [1.807, 2.05) is 0 Å². The second kappa shape index (κ2) is 3.30. The van der Waals surface area contributed by atoms with Crippen molar-refractivity contribution in [3.8, 4) is 5.69 Å². The first-order chi connectivity index (χ1) is 7.08. The summed E-state index contributed by atoms with van der Waals surface area (Å²) in [6, 6.07) is 2.52. The summed E-state index contributed by atoms with van der Waals surface area (Å²) < 4.78 is 27.6. The Morgan fingerprint density at radius 3 is 2.73 bits per heavy atom. The quantitative estimate of drug-likeness (QED) is 0.724. The monoisotopic (exact) mass is 210 g/mol. The molecule has 0 saturated heterocycles. The van der Waals surface area contributed by atoms with Gasteiger partial charge < -0.3 is 5.73 Å². The topological polar surface area (TPSA) is 56.7 Å². The van der Waals surface area contributed by atoms with E-state index in [-0.39, 0.29) is 17.2 Å². The Bertz CT molecular complexity index is 507. The van der Waals surface area contributed by atoms with E-state index in [4.69, 9.17) is 5.73 Å². The molecule has 0 atom stereocenters. The van der Waals surface area contributed by atoms with Crippen LogP contribution in [0.5, 0.6) is 0 Å². The van der Waals surface area contributed by atoms with Crippen molar-refractivity contribution < 1.29 is 8.78 Å². The molecular weight excluding hydrogens is 202 g/mol. The average molecular weight is 210 g/mol. The fourth-order valence-corrected chi connectivity index (χ4v) is 1.17. The van der Waals surface area contributed by atoms with Crippen molar-refractivity contribution in [3.05, 3.63) is 35.8 Å². The molecule has 2 heterocycles. The number of hydrogen-bond acceptors (Lipinski definition) is 3. The maximum atomic E-state index is 13.3. The van der Waals surface area contributed by atoms with Crippen LogP contribution in [-0.4, -0.2) is 14.8 Å². The minimum absolute atomic E-state index is 0.0105. The Balaban J connectivity index is 2.58. The SMILES string of the molecule is Cc1nc(F)c(-n2ccc(N)n2)cc1F. The van der Waals surface area contributed by atoms with E-state index >= 15 is 0 Å². The molecule has 0 radical (unpaired) electrons. The molecule has 0 aliphatic rings. The standard InChI is InChI=1S/C9H8F2N4/c1-5-6(10)4-7(9(11)13-5)15-3-2-8(12)14-15/h2-4H,1H3,(H2,12,14). The van der Waals surface area contributed by atoms with E-state index in [1.165, 1.54) is 19.2 Å². The lowest BCUT2D eigenvalue weighted by Gasteiger charge is -2.03. The molecule has 2 N–H and O–H groups in total. The van der Waals surface area contributed by atoms with Crippen molar-refractivity contribution in [1.29, 1.82) is 0 Å². The van der Waals surface area contributed by atoms with E-state index in [2.05, 4.69) is 10.1 Å². The highest BCUT2D eigenvalue weighted by Gasteiger charge is 2.11. The largest absolute Gasteiger partial charge is 0.382 e. The normalized spacial score (nSPS) is 10.6. The van der Waals surface area contributed by atoms with Crippen LogP contribution in [0, 0.1) is 18.7 Å². The number of aryl methyl sites for hydroxylation is 1. The van der Waals surface area contributed by atoms with E-state index in [1.54, 1.807) is 0 Å². The third-order valence-corrected chi connectivity index (χ3v) is 1.94. The van der Waals surface area contributed by atoms with Gasteiger partial charge in [0.1, 0.15) is 17.3 Å². The van der Waals surface area contributed by atoms with Crippen molar-refractivity contribution >= 4 is 5.82 Å². The van der Waals surface area contributed by atoms with Crippen LogP contribution >= 0.6 is 0 Å². The number of nitrogen functional groups attached to an aromatic ring is 1. The van der Waals surface area contributed by atoms with Gasteiger partial charge in [-0.05, 0) is 6.92 Å². The number of halogens is 2. The molecular formula is C9H8F2N4. The molecule has 0 saturated carbocycles. The fourth-order valence-electron chi connectivity index (χ4n) is 1.17. The van der Waals surface area contributed by atoms with Crippen molar-refractivity contribution in [3.63, 3.8) is 0 Å². The summed E-state index contributed by atoms with van der Waals surface area (Å²) in [5, 5.41) is 3.76. The first-order valence-electron chi connectivity index (χ1n) is 4.22. The zero-order valence-electron chi connectivity index (χ0n) is 7.91. The van der Waals surface area contributed by atoms with Gasteiger partial charge in [0.25, 0.3) is 0 Å². The Labute approximate surface area is 84.4 Å². The Hall–Kier alpha value is -1.98. The number of rotatable bonds is 1. The second-order valence-electron chi connectivity index (χ2n) is 3.05. The number of nitrogens with zero attached hydrogens (tertiary/aromatic N) is 3. The van der Waals surface area contributed by atoms with E-state index in [9.17, 15) is 8.78 Å². The van der Waals surface area contributed by atoms with Crippen LogP contribution in [0.15, 0.2) is 18.3 Å². The molecule has 2 aromatic rings. The Morgan fingerprint density at radius 1 is 1.40 bits per heavy atom. The van der Waals surface area contributed by atoms with Gasteiger partial charge in [-0.3, -0.25) is 0 Å². The molecule has 4 nitrogen and oxygen atoms in total. The van der Waals surface area contributed by atoms with Gasteiger partial charge in [0.05, 0.1) is 5.69 Å². The van der Waals surface area contributed by atoms with Crippen molar-refractivity contribution in [1.82, 2.24) is 14.8 Å². The molecule has 0 aliphatic carbocycles. The minimum Gasteiger partial charge on any atom is -0.382 e. The number of nitrogens with two attached hydrogens (primary N) is 1. The molecule has 0 aliphatic heterocycles. The molecule has 0 bridgehead atoms. The van der Waals surface area contributed by atoms with E-state index in [0.717, 1.165) is 10.7 Å². The highest BCUT2D eigenvalue weighted by molar-refractivity contribution is 5.35. The summed E-state index contributed by atoms with van der Waals surface area (Å²) in [6.45, 7) is 1.39. The second-order valence-corrected chi connectivity index (χ2v) is 3.05.